The van der Waals surface area contributed by atoms with Crippen molar-refractivity contribution in [2.45, 2.75) is 26.2 Å². The molecule has 1 fully saturated rings. The van der Waals surface area contributed by atoms with Gasteiger partial charge in [-0.2, -0.15) is 0 Å². The molecule has 0 spiro atoms. The maximum absolute atomic E-state index is 5.86. The van der Waals surface area contributed by atoms with Crippen LogP contribution < -0.4 is 5.73 Å². The molecule has 0 saturated heterocycles. The summed E-state index contributed by atoms with van der Waals surface area (Å²) in [6.07, 6.45) is 1.21. The van der Waals surface area contributed by atoms with Gasteiger partial charge in [-0.15, -0.1) is 0 Å². The van der Waals surface area contributed by atoms with Gasteiger partial charge in [-0.1, -0.05) is 6.92 Å². The number of aromatic nitrogens is 2. The molecular formula is C13H14IN3O. The lowest BCUT2D eigenvalue weighted by molar-refractivity contribution is 0.515. The minimum Gasteiger partial charge on any atom is -0.457 e. The van der Waals surface area contributed by atoms with Crippen LogP contribution in [0.15, 0.2) is 16.5 Å². The van der Waals surface area contributed by atoms with Crippen LogP contribution in [0.5, 0.6) is 0 Å². The molecule has 2 atom stereocenters. The fourth-order valence-corrected chi connectivity index (χ4v) is 2.32. The minimum absolute atomic E-state index is 0.510. The van der Waals surface area contributed by atoms with E-state index in [4.69, 9.17) is 10.2 Å². The zero-order valence-corrected chi connectivity index (χ0v) is 12.4. The third kappa shape index (κ3) is 2.00. The summed E-state index contributed by atoms with van der Waals surface area (Å²) in [5, 5.41) is 0. The van der Waals surface area contributed by atoms with Gasteiger partial charge in [0.1, 0.15) is 11.6 Å². The van der Waals surface area contributed by atoms with Crippen LogP contribution in [-0.4, -0.2) is 9.97 Å². The largest absolute Gasteiger partial charge is 0.457 e. The molecule has 0 amide bonds. The van der Waals surface area contributed by atoms with Crippen molar-refractivity contribution in [3.8, 4) is 11.6 Å². The minimum atomic E-state index is 0.510. The first kappa shape index (κ1) is 12.0. The van der Waals surface area contributed by atoms with Crippen LogP contribution in [0.4, 0.5) is 5.82 Å². The van der Waals surface area contributed by atoms with Crippen LogP contribution in [0, 0.1) is 16.4 Å². The van der Waals surface area contributed by atoms with E-state index in [2.05, 4.69) is 39.5 Å². The topological polar surface area (TPSA) is 64.9 Å². The van der Waals surface area contributed by atoms with E-state index in [0.29, 0.717) is 23.3 Å². The molecule has 1 saturated carbocycles. The van der Waals surface area contributed by atoms with E-state index < -0.39 is 0 Å². The van der Waals surface area contributed by atoms with Crippen molar-refractivity contribution in [1.29, 1.82) is 0 Å². The molecule has 2 aromatic rings. The molecule has 0 radical (unpaired) electrons. The molecular weight excluding hydrogens is 341 g/mol. The van der Waals surface area contributed by atoms with Gasteiger partial charge in [-0.25, -0.2) is 9.97 Å². The Morgan fingerprint density at radius 3 is 2.72 bits per heavy atom. The fourth-order valence-electron chi connectivity index (χ4n) is 2.08. The average molecular weight is 355 g/mol. The lowest BCUT2D eigenvalue weighted by atomic mass is 10.3. The number of rotatable bonds is 2. The highest BCUT2D eigenvalue weighted by Gasteiger charge is 2.36. The first-order chi connectivity index (χ1) is 8.56. The van der Waals surface area contributed by atoms with Crippen molar-refractivity contribution < 1.29 is 4.42 Å². The van der Waals surface area contributed by atoms with Crippen molar-refractivity contribution >= 4 is 28.4 Å². The smallest absolute Gasteiger partial charge is 0.197 e. The second-order valence-electron chi connectivity index (χ2n) is 4.85. The normalized spacial score (nSPS) is 22.2. The molecule has 1 aliphatic rings. The highest BCUT2D eigenvalue weighted by molar-refractivity contribution is 14.1. The fraction of sp³-hybridized carbons (Fsp3) is 0.385. The summed E-state index contributed by atoms with van der Waals surface area (Å²) in [5.41, 5.74) is 6.74. The van der Waals surface area contributed by atoms with Crippen molar-refractivity contribution in [1.82, 2.24) is 9.97 Å². The number of nitrogens with zero attached hydrogens (tertiary/aromatic N) is 2. The molecule has 0 aromatic carbocycles. The Bertz CT molecular complexity index is 585. The number of nitrogen functional groups attached to an aromatic ring is 1. The molecule has 2 aromatic heterocycles. The zero-order valence-electron chi connectivity index (χ0n) is 10.3. The Labute approximate surface area is 119 Å². The Kier molecular flexibility index (Phi) is 2.80. The van der Waals surface area contributed by atoms with Crippen LogP contribution in [0.25, 0.3) is 11.6 Å². The first-order valence-electron chi connectivity index (χ1n) is 5.96. The van der Waals surface area contributed by atoms with Crippen molar-refractivity contribution in [3.05, 3.63) is 27.2 Å². The predicted molar refractivity (Wildman–Crippen MR) is 78.1 cm³/mol. The Hall–Kier alpha value is -1.11. The monoisotopic (exact) mass is 355 g/mol. The summed E-state index contributed by atoms with van der Waals surface area (Å²) >= 11 is 2.15. The van der Waals surface area contributed by atoms with Gasteiger partial charge in [0.25, 0.3) is 0 Å². The van der Waals surface area contributed by atoms with Crippen LogP contribution in [0.1, 0.15) is 30.7 Å². The number of aryl methyl sites for hydroxylation is 1. The van der Waals surface area contributed by atoms with E-state index in [1.807, 2.05) is 19.1 Å². The average Bonchev–Trinajstić information content (AvgIpc) is 2.89. The Balaban J connectivity index is 1.97. The van der Waals surface area contributed by atoms with E-state index in [1.165, 1.54) is 6.42 Å². The standard InChI is InChI=1S/C13H14IN3O/c1-6-5-8(6)9-3-4-10(18-9)13-16-7(2)11(14)12(15)17-13/h3-4,6,8H,5H2,1-2H3,(H2,15,16,17). The van der Waals surface area contributed by atoms with Gasteiger partial charge in [0.2, 0.25) is 0 Å². The predicted octanol–water partition coefficient (Wildman–Crippen LogP) is 3.36. The molecule has 5 heteroatoms. The van der Waals surface area contributed by atoms with Crippen LogP contribution in [-0.2, 0) is 0 Å². The molecule has 0 aliphatic heterocycles. The SMILES string of the molecule is Cc1nc(-c2ccc(C3CC3C)o2)nc(N)c1I. The summed E-state index contributed by atoms with van der Waals surface area (Å²) in [5.74, 6) is 4.13. The first-order valence-corrected chi connectivity index (χ1v) is 7.04. The van der Waals surface area contributed by atoms with Gasteiger partial charge in [0.05, 0.1) is 9.26 Å². The van der Waals surface area contributed by atoms with Crippen LogP contribution in [0.2, 0.25) is 0 Å². The number of furan rings is 1. The summed E-state index contributed by atoms with van der Waals surface area (Å²) in [4.78, 5) is 8.70. The van der Waals surface area contributed by atoms with Gasteiger partial charge in [-0.3, -0.25) is 0 Å². The molecule has 0 bridgehead atoms. The highest BCUT2D eigenvalue weighted by Crippen LogP contribution is 2.47. The summed E-state index contributed by atoms with van der Waals surface area (Å²) < 4.78 is 6.73. The second kappa shape index (κ2) is 4.22. The summed E-state index contributed by atoms with van der Waals surface area (Å²) in [7, 11) is 0. The molecule has 1 aliphatic carbocycles. The number of hydrogen-bond acceptors (Lipinski definition) is 4. The van der Waals surface area contributed by atoms with Crippen molar-refractivity contribution in [2.24, 2.45) is 5.92 Å². The third-order valence-electron chi connectivity index (χ3n) is 3.36. The third-order valence-corrected chi connectivity index (χ3v) is 4.70. The van der Waals surface area contributed by atoms with Gasteiger partial charge < -0.3 is 10.2 Å². The second-order valence-corrected chi connectivity index (χ2v) is 5.93. The van der Waals surface area contributed by atoms with Crippen molar-refractivity contribution in [2.75, 3.05) is 5.73 Å². The van der Waals surface area contributed by atoms with Crippen LogP contribution in [0.3, 0.4) is 0 Å². The zero-order chi connectivity index (χ0) is 12.9. The lowest BCUT2D eigenvalue weighted by Crippen LogP contribution is -2.01. The Morgan fingerprint density at radius 2 is 2.11 bits per heavy atom. The summed E-state index contributed by atoms with van der Waals surface area (Å²) in [6.45, 7) is 4.16. The molecule has 18 heavy (non-hydrogen) atoms. The van der Waals surface area contributed by atoms with E-state index >= 15 is 0 Å². The van der Waals surface area contributed by atoms with Gasteiger partial charge in [-0.05, 0) is 54.0 Å². The highest BCUT2D eigenvalue weighted by atomic mass is 127. The van der Waals surface area contributed by atoms with Gasteiger partial charge in [0, 0.05) is 5.92 Å². The van der Waals surface area contributed by atoms with E-state index in [0.717, 1.165) is 20.9 Å². The van der Waals surface area contributed by atoms with E-state index in [9.17, 15) is 0 Å². The molecule has 94 valence electrons. The van der Waals surface area contributed by atoms with E-state index in [1.54, 1.807) is 0 Å². The summed E-state index contributed by atoms with van der Waals surface area (Å²) in [6, 6.07) is 3.96. The maximum Gasteiger partial charge on any atom is 0.197 e. The quantitative estimate of drug-likeness (QED) is 0.839. The van der Waals surface area contributed by atoms with Gasteiger partial charge >= 0.3 is 0 Å². The number of halogens is 1. The molecule has 2 unspecified atom stereocenters. The van der Waals surface area contributed by atoms with Crippen molar-refractivity contribution in [3.63, 3.8) is 0 Å². The number of anilines is 1. The van der Waals surface area contributed by atoms with Gasteiger partial charge in [0.15, 0.2) is 11.6 Å². The molecule has 2 N–H and O–H groups in total. The number of nitrogens with two attached hydrogens (primary N) is 1. The number of hydrogen-bond donors (Lipinski definition) is 1. The molecule has 3 rings (SSSR count). The lowest BCUT2D eigenvalue weighted by Gasteiger charge is -2.03. The molecule has 4 nitrogen and oxygen atoms in total. The van der Waals surface area contributed by atoms with E-state index in [-0.39, 0.29) is 0 Å². The maximum atomic E-state index is 5.86. The Morgan fingerprint density at radius 1 is 1.39 bits per heavy atom. The molecule has 2 heterocycles. The van der Waals surface area contributed by atoms with Crippen LogP contribution >= 0.6 is 22.6 Å².